The lowest BCUT2D eigenvalue weighted by atomic mass is 10.0. The Kier molecular flexibility index (Phi) is 2.32. The van der Waals surface area contributed by atoms with Crippen molar-refractivity contribution in [1.29, 1.82) is 0 Å². The molecule has 1 aliphatic carbocycles. The summed E-state index contributed by atoms with van der Waals surface area (Å²) in [6.07, 6.45) is 0.955. The van der Waals surface area contributed by atoms with Crippen molar-refractivity contribution in [2.75, 3.05) is 0 Å². The summed E-state index contributed by atoms with van der Waals surface area (Å²) in [5.41, 5.74) is -0.0301. The first-order valence-corrected chi connectivity index (χ1v) is 6.89. The largest absolute Gasteiger partial charge is 0.261 e. The first-order valence-electron chi connectivity index (χ1n) is 4.58. The Morgan fingerprint density at radius 3 is 2.73 bits per heavy atom. The van der Waals surface area contributed by atoms with E-state index in [0.717, 1.165) is 5.56 Å². The standard InChI is InChI=1S/C10H10ClFO2S/c1-10(12)5-4-7-6-8(15(11,13)14)2-3-9(7)10/h2-3,6H,4-5H2,1H3. The van der Waals surface area contributed by atoms with Crippen molar-refractivity contribution >= 4 is 19.7 Å². The Balaban J connectivity index is 2.56. The van der Waals surface area contributed by atoms with Crippen LogP contribution in [0.1, 0.15) is 24.5 Å². The highest BCUT2D eigenvalue weighted by Gasteiger charge is 2.34. The summed E-state index contributed by atoms with van der Waals surface area (Å²) < 4.78 is 36.0. The third-order valence-electron chi connectivity index (χ3n) is 2.78. The normalized spacial score (nSPS) is 25.3. The Labute approximate surface area is 92.5 Å². The highest BCUT2D eigenvalue weighted by molar-refractivity contribution is 8.13. The van der Waals surface area contributed by atoms with E-state index >= 15 is 0 Å². The van der Waals surface area contributed by atoms with Crippen molar-refractivity contribution in [3.8, 4) is 0 Å². The minimum absolute atomic E-state index is 0.0422. The van der Waals surface area contributed by atoms with Gasteiger partial charge in [0.05, 0.1) is 4.90 Å². The number of fused-ring (bicyclic) bond motifs is 1. The Bertz CT molecular complexity index is 508. The zero-order valence-electron chi connectivity index (χ0n) is 8.13. The maximum atomic E-state index is 13.8. The van der Waals surface area contributed by atoms with Gasteiger partial charge in [-0.05, 0) is 43.0 Å². The molecule has 0 saturated heterocycles. The van der Waals surface area contributed by atoms with E-state index in [0.29, 0.717) is 18.4 Å². The van der Waals surface area contributed by atoms with Gasteiger partial charge in [0.15, 0.2) is 0 Å². The summed E-state index contributed by atoms with van der Waals surface area (Å²) in [4.78, 5) is 0.0422. The first-order chi connectivity index (χ1) is 6.81. The van der Waals surface area contributed by atoms with Crippen LogP contribution in [0.5, 0.6) is 0 Å². The maximum absolute atomic E-state index is 13.8. The molecule has 0 heterocycles. The topological polar surface area (TPSA) is 34.1 Å². The number of hydrogen-bond donors (Lipinski definition) is 0. The lowest BCUT2D eigenvalue weighted by molar-refractivity contribution is 0.194. The second-order valence-corrected chi connectivity index (χ2v) is 6.52. The van der Waals surface area contributed by atoms with Crippen LogP contribution in [0.15, 0.2) is 23.1 Å². The summed E-state index contributed by atoms with van der Waals surface area (Å²) in [6, 6.07) is 4.32. The van der Waals surface area contributed by atoms with Crippen LogP contribution in [0.3, 0.4) is 0 Å². The minimum atomic E-state index is -3.71. The van der Waals surface area contributed by atoms with Gasteiger partial charge in [-0.2, -0.15) is 0 Å². The van der Waals surface area contributed by atoms with Crippen molar-refractivity contribution in [2.45, 2.75) is 30.3 Å². The van der Waals surface area contributed by atoms with Crippen molar-refractivity contribution in [3.05, 3.63) is 29.3 Å². The summed E-state index contributed by atoms with van der Waals surface area (Å²) in [7, 11) is 1.50. The monoisotopic (exact) mass is 248 g/mol. The molecule has 0 aliphatic heterocycles. The van der Waals surface area contributed by atoms with E-state index in [1.807, 2.05) is 0 Å². The van der Waals surface area contributed by atoms with Crippen LogP contribution < -0.4 is 0 Å². The summed E-state index contributed by atoms with van der Waals surface area (Å²) in [6.45, 7) is 1.51. The molecule has 0 fully saturated rings. The van der Waals surface area contributed by atoms with Gasteiger partial charge in [-0.1, -0.05) is 6.07 Å². The Morgan fingerprint density at radius 1 is 1.47 bits per heavy atom. The number of benzene rings is 1. The van der Waals surface area contributed by atoms with Crippen LogP contribution in [0.25, 0.3) is 0 Å². The van der Waals surface area contributed by atoms with Crippen LogP contribution >= 0.6 is 10.7 Å². The van der Waals surface area contributed by atoms with Gasteiger partial charge in [-0.25, -0.2) is 12.8 Å². The van der Waals surface area contributed by atoms with Gasteiger partial charge in [0, 0.05) is 10.7 Å². The van der Waals surface area contributed by atoms with Crippen molar-refractivity contribution in [3.63, 3.8) is 0 Å². The van der Waals surface area contributed by atoms with Crippen molar-refractivity contribution in [1.82, 2.24) is 0 Å². The molecule has 0 radical (unpaired) electrons. The van der Waals surface area contributed by atoms with Gasteiger partial charge in [0.25, 0.3) is 9.05 Å². The molecule has 0 aromatic heterocycles. The lowest BCUT2D eigenvalue weighted by Crippen LogP contribution is -2.09. The predicted molar refractivity (Wildman–Crippen MR) is 56.3 cm³/mol. The fourth-order valence-corrected chi connectivity index (χ4v) is 2.74. The van der Waals surface area contributed by atoms with E-state index in [9.17, 15) is 12.8 Å². The fraction of sp³-hybridized carbons (Fsp3) is 0.400. The highest BCUT2D eigenvalue weighted by atomic mass is 35.7. The SMILES string of the molecule is CC1(F)CCc2cc(S(=O)(=O)Cl)ccc21. The molecular weight excluding hydrogens is 239 g/mol. The van der Waals surface area contributed by atoms with Gasteiger partial charge in [-0.15, -0.1) is 0 Å². The minimum Gasteiger partial charge on any atom is -0.239 e. The van der Waals surface area contributed by atoms with E-state index in [-0.39, 0.29) is 4.90 Å². The second-order valence-electron chi connectivity index (χ2n) is 3.95. The van der Waals surface area contributed by atoms with Gasteiger partial charge >= 0.3 is 0 Å². The molecule has 1 atom stereocenters. The molecule has 0 saturated carbocycles. The predicted octanol–water partition coefficient (Wildman–Crippen LogP) is 2.75. The molecule has 1 aromatic rings. The Morgan fingerprint density at radius 2 is 2.13 bits per heavy atom. The van der Waals surface area contributed by atoms with Gasteiger partial charge in [0.1, 0.15) is 5.67 Å². The van der Waals surface area contributed by atoms with Crippen LogP contribution in [-0.2, 0) is 21.1 Å². The molecule has 5 heteroatoms. The average Bonchev–Trinajstić information content (AvgIpc) is 2.41. The smallest absolute Gasteiger partial charge is 0.239 e. The zero-order valence-corrected chi connectivity index (χ0v) is 9.70. The molecule has 2 nitrogen and oxygen atoms in total. The van der Waals surface area contributed by atoms with Crippen LogP contribution in [0.2, 0.25) is 0 Å². The quantitative estimate of drug-likeness (QED) is 0.716. The molecule has 0 spiro atoms. The molecule has 0 amide bonds. The summed E-state index contributed by atoms with van der Waals surface area (Å²) in [5, 5.41) is 0. The molecule has 1 aliphatic rings. The number of rotatable bonds is 1. The zero-order chi connectivity index (χ0) is 11.3. The summed E-state index contributed by atoms with van der Waals surface area (Å²) >= 11 is 0. The number of hydrogen-bond acceptors (Lipinski definition) is 2. The molecule has 15 heavy (non-hydrogen) atoms. The van der Waals surface area contributed by atoms with Crippen LogP contribution in [-0.4, -0.2) is 8.42 Å². The van der Waals surface area contributed by atoms with Crippen LogP contribution in [0, 0.1) is 0 Å². The lowest BCUT2D eigenvalue weighted by Gasteiger charge is -2.13. The molecular formula is C10H10ClFO2S. The molecule has 0 N–H and O–H groups in total. The fourth-order valence-electron chi connectivity index (χ4n) is 1.94. The van der Waals surface area contributed by atoms with Gasteiger partial charge in [-0.3, -0.25) is 0 Å². The third kappa shape index (κ3) is 1.88. The summed E-state index contributed by atoms with van der Waals surface area (Å²) in [5.74, 6) is 0. The van der Waals surface area contributed by atoms with Gasteiger partial charge < -0.3 is 0 Å². The van der Waals surface area contributed by atoms with Crippen molar-refractivity contribution in [2.24, 2.45) is 0 Å². The molecule has 0 bridgehead atoms. The third-order valence-corrected chi connectivity index (χ3v) is 4.14. The molecule has 82 valence electrons. The van der Waals surface area contributed by atoms with Gasteiger partial charge in [0.2, 0.25) is 0 Å². The first kappa shape index (κ1) is 10.9. The van der Waals surface area contributed by atoms with E-state index in [4.69, 9.17) is 10.7 Å². The van der Waals surface area contributed by atoms with E-state index in [1.165, 1.54) is 25.1 Å². The molecule has 1 aromatic carbocycles. The van der Waals surface area contributed by atoms with Crippen LogP contribution in [0.4, 0.5) is 4.39 Å². The number of halogens is 2. The Hall–Kier alpha value is -0.610. The second kappa shape index (κ2) is 3.19. The number of alkyl halides is 1. The molecule has 2 rings (SSSR count). The van der Waals surface area contributed by atoms with Crippen molar-refractivity contribution < 1.29 is 12.8 Å². The van der Waals surface area contributed by atoms with E-state index in [2.05, 4.69) is 0 Å². The highest BCUT2D eigenvalue weighted by Crippen LogP contribution is 2.40. The number of aryl methyl sites for hydroxylation is 1. The molecule has 1 unspecified atom stereocenters. The maximum Gasteiger partial charge on any atom is 0.261 e. The average molecular weight is 249 g/mol. The van der Waals surface area contributed by atoms with E-state index in [1.54, 1.807) is 0 Å². The van der Waals surface area contributed by atoms with E-state index < -0.39 is 14.7 Å².